The number of halogens is 2. The lowest BCUT2D eigenvalue weighted by molar-refractivity contribution is -0.139. The number of hydrogen-bond donors (Lipinski definition) is 2. The molecule has 0 aromatic heterocycles. The van der Waals surface area contributed by atoms with E-state index >= 15 is 0 Å². The van der Waals surface area contributed by atoms with Crippen LogP contribution in [0.15, 0.2) is 22.7 Å². The van der Waals surface area contributed by atoms with Crippen molar-refractivity contribution >= 4 is 27.8 Å². The highest BCUT2D eigenvalue weighted by Crippen LogP contribution is 2.15. The van der Waals surface area contributed by atoms with Gasteiger partial charge in [0.15, 0.2) is 0 Å². The van der Waals surface area contributed by atoms with Gasteiger partial charge in [-0.1, -0.05) is 15.9 Å². The molecule has 0 heterocycles. The number of nitrogens with one attached hydrogen (secondary N) is 1. The summed E-state index contributed by atoms with van der Waals surface area (Å²) < 4.78 is 13.9. The molecular weight excluding hydrogens is 305 g/mol. The summed E-state index contributed by atoms with van der Waals surface area (Å²) in [7, 11) is 0. The van der Waals surface area contributed by atoms with Gasteiger partial charge in [0.1, 0.15) is 11.9 Å². The summed E-state index contributed by atoms with van der Waals surface area (Å²) in [6, 6.07) is 2.57. The number of carbonyl (C=O) groups is 2. The van der Waals surface area contributed by atoms with Crippen LogP contribution >= 0.6 is 15.9 Å². The molecule has 1 atom stereocenters. The average Bonchev–Trinajstić information content (AvgIpc) is 2.31. The minimum Gasteiger partial charge on any atom is -0.480 e. The molecule has 0 radical (unpaired) electrons. The van der Waals surface area contributed by atoms with Crippen molar-refractivity contribution in [1.29, 1.82) is 0 Å². The van der Waals surface area contributed by atoms with Gasteiger partial charge in [-0.15, -0.1) is 12.3 Å². The Bertz CT molecular complexity index is 525. The van der Waals surface area contributed by atoms with Gasteiger partial charge in [-0.3, -0.25) is 4.79 Å². The number of amides is 1. The maximum atomic E-state index is 13.4. The molecule has 94 valence electrons. The molecule has 1 rings (SSSR count). The van der Waals surface area contributed by atoms with Crippen LogP contribution in [0.25, 0.3) is 0 Å². The van der Waals surface area contributed by atoms with E-state index in [1.54, 1.807) is 0 Å². The van der Waals surface area contributed by atoms with Crippen molar-refractivity contribution < 1.29 is 19.1 Å². The first-order valence-electron chi connectivity index (χ1n) is 4.88. The molecule has 1 aromatic carbocycles. The van der Waals surface area contributed by atoms with E-state index in [1.807, 2.05) is 0 Å². The highest BCUT2D eigenvalue weighted by Gasteiger charge is 2.21. The Morgan fingerprint density at radius 2 is 2.22 bits per heavy atom. The van der Waals surface area contributed by atoms with Gasteiger partial charge < -0.3 is 10.4 Å². The first-order chi connectivity index (χ1) is 8.45. The standard InChI is InChI=1S/C12H9BrFNO3/c1-2-3-10(12(17)18)15-11(16)8-6-7(13)4-5-9(8)14/h1,4-6,10H,3H2,(H,15,16)(H,17,18). The van der Waals surface area contributed by atoms with Crippen molar-refractivity contribution in [3.8, 4) is 12.3 Å². The molecule has 0 saturated carbocycles. The van der Waals surface area contributed by atoms with Gasteiger partial charge in [-0.05, 0) is 18.2 Å². The van der Waals surface area contributed by atoms with Gasteiger partial charge in [0.25, 0.3) is 5.91 Å². The smallest absolute Gasteiger partial charge is 0.327 e. The van der Waals surface area contributed by atoms with E-state index in [2.05, 4.69) is 27.2 Å². The minimum atomic E-state index is -1.27. The van der Waals surface area contributed by atoms with E-state index in [4.69, 9.17) is 11.5 Å². The van der Waals surface area contributed by atoms with E-state index < -0.39 is 23.7 Å². The fourth-order valence-electron chi connectivity index (χ4n) is 1.23. The second-order valence-corrected chi connectivity index (χ2v) is 4.31. The minimum absolute atomic E-state index is 0.170. The van der Waals surface area contributed by atoms with Gasteiger partial charge in [0, 0.05) is 10.9 Å². The fraction of sp³-hybridized carbons (Fsp3) is 0.167. The molecule has 2 N–H and O–H groups in total. The summed E-state index contributed by atoms with van der Waals surface area (Å²) in [4.78, 5) is 22.5. The van der Waals surface area contributed by atoms with Crippen LogP contribution in [0, 0.1) is 18.2 Å². The summed E-state index contributed by atoms with van der Waals surface area (Å²) in [5, 5.41) is 11.0. The van der Waals surface area contributed by atoms with E-state index in [-0.39, 0.29) is 12.0 Å². The topological polar surface area (TPSA) is 66.4 Å². The molecule has 0 saturated heterocycles. The summed E-state index contributed by atoms with van der Waals surface area (Å²) in [5.74, 6) is -0.692. The Morgan fingerprint density at radius 1 is 1.56 bits per heavy atom. The van der Waals surface area contributed by atoms with Crippen LogP contribution in [0.3, 0.4) is 0 Å². The number of carboxylic acid groups (broad SMARTS) is 1. The number of hydrogen-bond acceptors (Lipinski definition) is 2. The van der Waals surface area contributed by atoms with Crippen molar-refractivity contribution in [2.45, 2.75) is 12.5 Å². The van der Waals surface area contributed by atoms with E-state index in [0.29, 0.717) is 4.47 Å². The van der Waals surface area contributed by atoms with Crippen LogP contribution in [0.2, 0.25) is 0 Å². The molecule has 0 spiro atoms. The number of benzene rings is 1. The van der Waals surface area contributed by atoms with Gasteiger partial charge in [-0.2, -0.15) is 0 Å². The highest BCUT2D eigenvalue weighted by molar-refractivity contribution is 9.10. The maximum Gasteiger partial charge on any atom is 0.327 e. The predicted molar refractivity (Wildman–Crippen MR) is 66.4 cm³/mol. The lowest BCUT2D eigenvalue weighted by Crippen LogP contribution is -2.40. The van der Waals surface area contributed by atoms with Gasteiger partial charge >= 0.3 is 5.97 Å². The molecule has 1 amide bonds. The van der Waals surface area contributed by atoms with E-state index in [0.717, 1.165) is 6.07 Å². The Kier molecular flexibility index (Phi) is 4.86. The molecule has 0 fully saturated rings. The summed E-state index contributed by atoms with van der Waals surface area (Å²) >= 11 is 3.10. The number of terminal acetylenes is 1. The lowest BCUT2D eigenvalue weighted by Gasteiger charge is -2.12. The third-order valence-electron chi connectivity index (χ3n) is 2.10. The number of carbonyl (C=O) groups excluding carboxylic acids is 1. The zero-order chi connectivity index (χ0) is 13.7. The molecule has 0 aliphatic rings. The number of carboxylic acids is 1. The predicted octanol–water partition coefficient (Wildman–Crippen LogP) is 1.79. The van der Waals surface area contributed by atoms with Crippen LogP contribution in [-0.4, -0.2) is 23.0 Å². The zero-order valence-electron chi connectivity index (χ0n) is 9.11. The first-order valence-corrected chi connectivity index (χ1v) is 5.67. The number of rotatable bonds is 4. The van der Waals surface area contributed by atoms with Crippen LogP contribution in [0.4, 0.5) is 4.39 Å². The molecule has 1 unspecified atom stereocenters. The second kappa shape index (κ2) is 6.17. The van der Waals surface area contributed by atoms with Gasteiger partial charge in [0.05, 0.1) is 5.56 Å². The molecule has 1 aromatic rings. The Hall–Kier alpha value is -1.87. The quantitative estimate of drug-likeness (QED) is 0.833. The second-order valence-electron chi connectivity index (χ2n) is 3.40. The molecule has 0 aliphatic heterocycles. The Labute approximate surface area is 111 Å². The van der Waals surface area contributed by atoms with Crippen molar-refractivity contribution in [2.75, 3.05) is 0 Å². The molecular formula is C12H9BrFNO3. The third-order valence-corrected chi connectivity index (χ3v) is 2.59. The van der Waals surface area contributed by atoms with Crippen LogP contribution in [0.5, 0.6) is 0 Å². The van der Waals surface area contributed by atoms with Crippen molar-refractivity contribution in [2.24, 2.45) is 0 Å². The zero-order valence-corrected chi connectivity index (χ0v) is 10.7. The van der Waals surface area contributed by atoms with Gasteiger partial charge in [-0.25, -0.2) is 9.18 Å². The fourth-order valence-corrected chi connectivity index (χ4v) is 1.59. The van der Waals surface area contributed by atoms with Gasteiger partial charge in [0.2, 0.25) is 0 Å². The normalized spacial score (nSPS) is 11.4. The Morgan fingerprint density at radius 3 is 2.78 bits per heavy atom. The van der Waals surface area contributed by atoms with E-state index in [9.17, 15) is 14.0 Å². The van der Waals surface area contributed by atoms with Crippen molar-refractivity contribution in [1.82, 2.24) is 5.32 Å². The number of aliphatic carboxylic acids is 1. The SMILES string of the molecule is C#CCC(NC(=O)c1cc(Br)ccc1F)C(=O)O. The highest BCUT2D eigenvalue weighted by atomic mass is 79.9. The Balaban J connectivity index is 2.91. The molecule has 6 heteroatoms. The largest absolute Gasteiger partial charge is 0.480 e. The molecule has 18 heavy (non-hydrogen) atoms. The third kappa shape index (κ3) is 3.57. The van der Waals surface area contributed by atoms with E-state index in [1.165, 1.54) is 12.1 Å². The van der Waals surface area contributed by atoms with Crippen LogP contribution in [-0.2, 0) is 4.79 Å². The molecule has 0 aliphatic carbocycles. The molecule has 0 bridgehead atoms. The average molecular weight is 314 g/mol. The lowest BCUT2D eigenvalue weighted by atomic mass is 10.1. The van der Waals surface area contributed by atoms with Crippen molar-refractivity contribution in [3.63, 3.8) is 0 Å². The molecule has 4 nitrogen and oxygen atoms in total. The van der Waals surface area contributed by atoms with Crippen molar-refractivity contribution in [3.05, 3.63) is 34.1 Å². The van der Waals surface area contributed by atoms with Crippen LogP contribution in [0.1, 0.15) is 16.8 Å². The monoisotopic (exact) mass is 313 g/mol. The van der Waals surface area contributed by atoms with Crippen LogP contribution < -0.4 is 5.32 Å². The summed E-state index contributed by atoms with van der Waals surface area (Å²) in [6.45, 7) is 0. The first kappa shape index (κ1) is 14.2. The maximum absolute atomic E-state index is 13.4. The summed E-state index contributed by atoms with van der Waals surface area (Å²) in [5.41, 5.74) is -0.243. The summed E-state index contributed by atoms with van der Waals surface area (Å²) in [6.07, 6.45) is 4.82.